The molecule has 3 aromatic carbocycles. The number of nitrogens with two attached hydrogens (primary N) is 1. The van der Waals surface area contributed by atoms with Crippen LogP contribution in [0.5, 0.6) is 5.75 Å². The van der Waals surface area contributed by atoms with Crippen LogP contribution >= 0.6 is 12.4 Å². The van der Waals surface area contributed by atoms with Crippen LogP contribution in [0.3, 0.4) is 0 Å². The molecule has 0 fully saturated rings. The van der Waals surface area contributed by atoms with Crippen LogP contribution in [0.1, 0.15) is 29.7 Å². The molecule has 0 bridgehead atoms. The molecular weight excluding hydrogens is 384 g/mol. The van der Waals surface area contributed by atoms with E-state index >= 15 is 0 Å². The third-order valence-electron chi connectivity index (χ3n) is 4.18. The first-order valence-electron chi connectivity index (χ1n) is 8.68. The van der Waals surface area contributed by atoms with Crippen molar-refractivity contribution in [2.75, 3.05) is 0 Å². The van der Waals surface area contributed by atoms with E-state index in [9.17, 15) is 0 Å². The van der Waals surface area contributed by atoms with Crippen molar-refractivity contribution in [3.63, 3.8) is 0 Å². The van der Waals surface area contributed by atoms with E-state index in [4.69, 9.17) is 22.3 Å². The summed E-state index contributed by atoms with van der Waals surface area (Å²) >= 11 is 0. The van der Waals surface area contributed by atoms with E-state index in [1.54, 1.807) is 36.4 Å². The van der Waals surface area contributed by atoms with Crippen LogP contribution in [0.15, 0.2) is 77.8 Å². The Morgan fingerprint density at radius 1 is 1.10 bits per heavy atom. The van der Waals surface area contributed by atoms with Gasteiger partial charge in [0.2, 0.25) is 0 Å². The van der Waals surface area contributed by atoms with Crippen molar-refractivity contribution < 1.29 is 4.74 Å². The molecule has 0 heterocycles. The van der Waals surface area contributed by atoms with Gasteiger partial charge in [-0.1, -0.05) is 36.4 Å². The minimum absolute atomic E-state index is 0. The summed E-state index contributed by atoms with van der Waals surface area (Å²) in [6, 6.07) is 23.8. The number of ether oxygens (including phenoxy) is 1. The van der Waals surface area contributed by atoms with E-state index < -0.39 is 0 Å². The molecule has 0 aromatic heterocycles. The van der Waals surface area contributed by atoms with E-state index in [-0.39, 0.29) is 18.5 Å². The van der Waals surface area contributed by atoms with Gasteiger partial charge in [-0.15, -0.1) is 12.4 Å². The van der Waals surface area contributed by atoms with Crippen LogP contribution in [-0.4, -0.2) is 5.84 Å². The highest BCUT2D eigenvalue weighted by molar-refractivity contribution is 5.99. The number of nitriles is 1. The van der Waals surface area contributed by atoms with Gasteiger partial charge in [0.1, 0.15) is 17.7 Å². The molecule has 5 nitrogen and oxygen atoms in total. The molecule has 0 spiro atoms. The first kappa shape index (κ1) is 21.5. The first-order valence-corrected chi connectivity index (χ1v) is 8.68. The van der Waals surface area contributed by atoms with Crippen LogP contribution in [0.25, 0.3) is 4.85 Å². The summed E-state index contributed by atoms with van der Waals surface area (Å²) in [6.45, 7) is 8.94. The van der Waals surface area contributed by atoms with Crippen LogP contribution in [0.2, 0.25) is 0 Å². The van der Waals surface area contributed by atoms with Crippen molar-refractivity contribution in [2.45, 2.75) is 13.0 Å². The fourth-order valence-corrected chi connectivity index (χ4v) is 2.63. The standard InChI is InChI=1S/C23H18N4O.ClH/c1-16(18-8-6-17(15-24)7-9-18)28-22-5-3-4-19(14-22)23(25)27-21-12-10-20(26-2)11-13-21;/h3-14,16H,1H3,(H2,25,27);1H/t16-;/m1./s1. The van der Waals surface area contributed by atoms with Crippen LogP contribution in [0.4, 0.5) is 11.4 Å². The third kappa shape index (κ3) is 5.59. The summed E-state index contributed by atoms with van der Waals surface area (Å²) in [7, 11) is 0. The summed E-state index contributed by atoms with van der Waals surface area (Å²) in [5.74, 6) is 1.04. The molecule has 0 aliphatic carbocycles. The molecule has 0 radical (unpaired) electrons. The molecular formula is C23H19ClN4O. The van der Waals surface area contributed by atoms with Crippen molar-refractivity contribution in [1.29, 1.82) is 5.26 Å². The lowest BCUT2D eigenvalue weighted by Gasteiger charge is -2.16. The lowest BCUT2D eigenvalue weighted by molar-refractivity contribution is 0.227. The van der Waals surface area contributed by atoms with E-state index in [1.807, 2.05) is 43.3 Å². The highest BCUT2D eigenvalue weighted by atomic mass is 35.5. The van der Waals surface area contributed by atoms with Gasteiger partial charge in [0.25, 0.3) is 0 Å². The third-order valence-corrected chi connectivity index (χ3v) is 4.18. The molecule has 2 N–H and O–H groups in total. The SMILES string of the molecule is Cl.[C-]#[N+]c1ccc(N=C(N)c2cccc(O[C@H](C)c3ccc(C#N)cc3)c2)cc1. The van der Waals surface area contributed by atoms with Crippen LogP contribution in [0, 0.1) is 17.9 Å². The van der Waals surface area contributed by atoms with Crippen LogP contribution < -0.4 is 10.5 Å². The zero-order chi connectivity index (χ0) is 19.9. The van der Waals surface area contributed by atoms with E-state index in [1.165, 1.54) is 0 Å². The Hall–Kier alpha value is -3.80. The Labute approximate surface area is 176 Å². The van der Waals surface area contributed by atoms with Crippen molar-refractivity contribution in [3.8, 4) is 11.8 Å². The summed E-state index contributed by atoms with van der Waals surface area (Å²) < 4.78 is 6.02. The number of hydrogen-bond acceptors (Lipinski definition) is 3. The molecule has 0 unspecified atom stereocenters. The second kappa shape index (κ2) is 9.94. The average Bonchev–Trinajstić information content (AvgIpc) is 2.74. The van der Waals surface area contributed by atoms with Gasteiger partial charge in [0, 0.05) is 5.56 Å². The molecule has 0 aliphatic heterocycles. The van der Waals surface area contributed by atoms with Crippen molar-refractivity contribution >= 4 is 29.6 Å². The molecule has 3 aromatic rings. The molecule has 0 saturated carbocycles. The fourth-order valence-electron chi connectivity index (χ4n) is 2.63. The lowest BCUT2D eigenvalue weighted by Crippen LogP contribution is -2.13. The van der Waals surface area contributed by atoms with Gasteiger partial charge >= 0.3 is 0 Å². The number of hydrogen-bond donors (Lipinski definition) is 1. The van der Waals surface area contributed by atoms with E-state index in [0.29, 0.717) is 28.5 Å². The van der Waals surface area contributed by atoms with Gasteiger partial charge in [-0.25, -0.2) is 9.84 Å². The Balaban J connectivity index is 0.00000300. The maximum atomic E-state index is 8.90. The number of rotatable bonds is 5. The van der Waals surface area contributed by atoms with E-state index in [0.717, 1.165) is 11.1 Å². The topological polar surface area (TPSA) is 75.8 Å². The highest BCUT2D eigenvalue weighted by Gasteiger charge is 2.09. The second-order valence-electron chi connectivity index (χ2n) is 6.15. The Morgan fingerprint density at radius 3 is 2.41 bits per heavy atom. The zero-order valence-corrected chi connectivity index (χ0v) is 16.6. The first-order chi connectivity index (χ1) is 13.6. The molecule has 0 saturated heterocycles. The normalized spacial score (nSPS) is 11.5. The van der Waals surface area contributed by atoms with Gasteiger partial charge in [-0.2, -0.15) is 5.26 Å². The number of nitrogens with zero attached hydrogens (tertiary/aromatic N) is 3. The largest absolute Gasteiger partial charge is 0.486 e. The Kier molecular flexibility index (Phi) is 7.37. The summed E-state index contributed by atoms with van der Waals surface area (Å²) in [5.41, 5.74) is 9.73. The van der Waals surface area contributed by atoms with Gasteiger partial charge < -0.3 is 10.5 Å². The summed E-state index contributed by atoms with van der Waals surface area (Å²) in [6.07, 6.45) is -0.178. The van der Waals surface area contributed by atoms with Crippen LogP contribution in [-0.2, 0) is 0 Å². The fraction of sp³-hybridized carbons (Fsp3) is 0.0870. The second-order valence-corrected chi connectivity index (χ2v) is 6.15. The van der Waals surface area contributed by atoms with Gasteiger partial charge in [0.05, 0.1) is 23.9 Å². The summed E-state index contributed by atoms with van der Waals surface area (Å²) in [4.78, 5) is 7.77. The molecule has 0 amide bonds. The Bertz CT molecular complexity index is 1080. The molecule has 0 aliphatic rings. The summed E-state index contributed by atoms with van der Waals surface area (Å²) in [5, 5.41) is 8.90. The van der Waals surface area contributed by atoms with Gasteiger partial charge in [-0.05, 0) is 48.9 Å². The molecule has 144 valence electrons. The predicted octanol–water partition coefficient (Wildman–Crippen LogP) is 5.71. The number of halogens is 1. The number of aliphatic imine (C=N–C) groups is 1. The Morgan fingerprint density at radius 2 is 1.79 bits per heavy atom. The predicted molar refractivity (Wildman–Crippen MR) is 117 cm³/mol. The molecule has 1 atom stereocenters. The minimum atomic E-state index is -0.178. The van der Waals surface area contributed by atoms with Gasteiger partial charge in [0.15, 0.2) is 5.69 Å². The maximum Gasteiger partial charge on any atom is 0.187 e. The lowest BCUT2D eigenvalue weighted by atomic mass is 10.1. The monoisotopic (exact) mass is 402 g/mol. The van der Waals surface area contributed by atoms with Gasteiger partial charge in [-0.3, -0.25) is 0 Å². The quantitative estimate of drug-likeness (QED) is 0.337. The maximum absolute atomic E-state index is 8.90. The average molecular weight is 403 g/mol. The number of benzene rings is 3. The highest BCUT2D eigenvalue weighted by Crippen LogP contribution is 2.24. The van der Waals surface area contributed by atoms with Crippen molar-refractivity contribution in [2.24, 2.45) is 10.7 Å². The van der Waals surface area contributed by atoms with Crippen molar-refractivity contribution in [3.05, 3.63) is 101 Å². The molecule has 6 heteroatoms. The minimum Gasteiger partial charge on any atom is -0.486 e. The molecule has 29 heavy (non-hydrogen) atoms. The molecule has 3 rings (SSSR count). The number of amidine groups is 1. The van der Waals surface area contributed by atoms with E-state index in [2.05, 4.69) is 15.9 Å². The zero-order valence-electron chi connectivity index (χ0n) is 15.7. The smallest absolute Gasteiger partial charge is 0.187 e. The van der Waals surface area contributed by atoms with Crippen molar-refractivity contribution in [1.82, 2.24) is 0 Å².